The van der Waals surface area contributed by atoms with Crippen molar-refractivity contribution in [3.05, 3.63) is 30.1 Å². The molecule has 29 heavy (non-hydrogen) atoms. The number of phenolic OH excluding ortho intramolecular Hbond substituents is 1. The van der Waals surface area contributed by atoms with Crippen LogP contribution in [0.4, 0.5) is 0 Å². The van der Waals surface area contributed by atoms with Crippen molar-refractivity contribution >= 4 is 5.91 Å². The van der Waals surface area contributed by atoms with Gasteiger partial charge in [-0.2, -0.15) is 0 Å². The largest absolute Gasteiger partial charge is 0.508 e. The summed E-state index contributed by atoms with van der Waals surface area (Å²) in [5, 5.41) is 18.2. The summed E-state index contributed by atoms with van der Waals surface area (Å²) in [5.74, 6) is 2.71. The van der Waals surface area contributed by atoms with E-state index in [0.717, 1.165) is 56.0 Å². The summed E-state index contributed by atoms with van der Waals surface area (Å²) >= 11 is 0. The molecule has 3 heterocycles. The van der Waals surface area contributed by atoms with E-state index in [9.17, 15) is 9.90 Å². The molecule has 2 atom stereocenters. The van der Waals surface area contributed by atoms with Crippen molar-refractivity contribution in [3.63, 3.8) is 0 Å². The number of ether oxygens (including phenoxy) is 1. The first-order valence-electron chi connectivity index (χ1n) is 10.6. The van der Waals surface area contributed by atoms with Crippen LogP contribution < -0.4 is 0 Å². The number of nitrogens with zero attached hydrogens (tertiary/aromatic N) is 4. The molecule has 0 radical (unpaired) electrons. The van der Waals surface area contributed by atoms with Gasteiger partial charge in [-0.05, 0) is 49.4 Å². The summed E-state index contributed by atoms with van der Waals surface area (Å²) in [5.41, 5.74) is 0.898. The van der Waals surface area contributed by atoms with E-state index in [-0.39, 0.29) is 23.7 Å². The third kappa shape index (κ3) is 4.45. The predicted molar refractivity (Wildman–Crippen MR) is 109 cm³/mol. The molecule has 0 spiro atoms. The zero-order chi connectivity index (χ0) is 20.4. The smallest absolute Gasteiger partial charge is 0.227 e. The van der Waals surface area contributed by atoms with Crippen LogP contribution in [-0.4, -0.2) is 56.5 Å². The first-order chi connectivity index (χ1) is 14.0. The molecule has 7 heteroatoms. The van der Waals surface area contributed by atoms with Gasteiger partial charge in [-0.1, -0.05) is 13.8 Å². The van der Waals surface area contributed by atoms with Crippen LogP contribution in [0.1, 0.15) is 38.9 Å². The molecule has 0 saturated carbocycles. The maximum Gasteiger partial charge on any atom is 0.227 e. The lowest BCUT2D eigenvalue weighted by Crippen LogP contribution is -2.39. The minimum Gasteiger partial charge on any atom is -0.508 e. The van der Waals surface area contributed by atoms with Crippen LogP contribution in [0.3, 0.4) is 0 Å². The van der Waals surface area contributed by atoms with Crippen molar-refractivity contribution in [2.45, 2.75) is 52.2 Å². The van der Waals surface area contributed by atoms with Gasteiger partial charge in [-0.15, -0.1) is 10.2 Å². The van der Waals surface area contributed by atoms with E-state index in [1.54, 1.807) is 12.1 Å². The molecule has 156 valence electrons. The van der Waals surface area contributed by atoms with Crippen LogP contribution >= 0.6 is 0 Å². The second kappa shape index (κ2) is 8.53. The number of aryl methyl sites for hydroxylation is 1. The van der Waals surface area contributed by atoms with E-state index in [4.69, 9.17) is 4.74 Å². The molecule has 1 fully saturated rings. The molecule has 1 amide bonds. The van der Waals surface area contributed by atoms with Crippen molar-refractivity contribution < 1.29 is 14.6 Å². The summed E-state index contributed by atoms with van der Waals surface area (Å²) in [6.45, 7) is 7.25. The Balaban J connectivity index is 1.39. The molecule has 0 bridgehead atoms. The summed E-state index contributed by atoms with van der Waals surface area (Å²) in [7, 11) is 0. The molecule has 1 saturated heterocycles. The molecule has 1 aromatic carbocycles. The number of phenols is 1. The number of fused-ring (bicyclic) bond motifs is 1. The monoisotopic (exact) mass is 398 g/mol. The highest BCUT2D eigenvalue weighted by atomic mass is 16.5. The summed E-state index contributed by atoms with van der Waals surface area (Å²) < 4.78 is 8.03. The fourth-order valence-electron chi connectivity index (χ4n) is 4.15. The lowest BCUT2D eigenvalue weighted by Gasteiger charge is -2.27. The normalized spacial score (nSPS) is 21.6. The van der Waals surface area contributed by atoms with E-state index >= 15 is 0 Å². The zero-order valence-electron chi connectivity index (χ0n) is 17.3. The van der Waals surface area contributed by atoms with Gasteiger partial charge in [0.2, 0.25) is 5.91 Å². The number of likely N-dealkylation sites (tertiary alicyclic amines) is 1. The first-order valence-corrected chi connectivity index (χ1v) is 10.6. The summed E-state index contributed by atoms with van der Waals surface area (Å²) in [6.07, 6.45) is 3.71. The second-order valence-electron chi connectivity index (χ2n) is 8.58. The van der Waals surface area contributed by atoms with E-state index < -0.39 is 0 Å². The summed E-state index contributed by atoms with van der Waals surface area (Å²) in [4.78, 5) is 15.1. The average molecular weight is 399 g/mol. The topological polar surface area (TPSA) is 80.5 Å². The Morgan fingerprint density at radius 3 is 2.76 bits per heavy atom. The zero-order valence-corrected chi connectivity index (χ0v) is 17.3. The maximum atomic E-state index is 13.1. The van der Waals surface area contributed by atoms with Gasteiger partial charge in [0, 0.05) is 38.2 Å². The van der Waals surface area contributed by atoms with Crippen LogP contribution in [0.5, 0.6) is 5.75 Å². The molecule has 0 aliphatic carbocycles. The second-order valence-corrected chi connectivity index (χ2v) is 8.58. The molecular formula is C22H30N4O3. The molecule has 4 rings (SSSR count). The average Bonchev–Trinajstić information content (AvgIpc) is 3.34. The number of carbonyl (C=O) groups excluding carboxylic acids is 1. The lowest BCUT2D eigenvalue weighted by atomic mass is 9.97. The highest BCUT2D eigenvalue weighted by Gasteiger charge is 2.34. The van der Waals surface area contributed by atoms with Gasteiger partial charge in [0.15, 0.2) is 5.82 Å². The fourth-order valence-corrected chi connectivity index (χ4v) is 4.15. The molecular weight excluding hydrogens is 368 g/mol. The molecule has 1 aromatic heterocycles. The Morgan fingerprint density at radius 1 is 1.21 bits per heavy atom. The van der Waals surface area contributed by atoms with E-state index in [0.29, 0.717) is 19.0 Å². The molecule has 2 aliphatic heterocycles. The molecule has 7 nitrogen and oxygen atoms in total. The maximum absolute atomic E-state index is 13.1. The van der Waals surface area contributed by atoms with Gasteiger partial charge in [0.25, 0.3) is 0 Å². The number of carbonyl (C=O) groups is 1. The van der Waals surface area contributed by atoms with Crippen molar-refractivity contribution in [2.75, 3.05) is 19.7 Å². The Morgan fingerprint density at radius 2 is 2.00 bits per heavy atom. The van der Waals surface area contributed by atoms with Crippen molar-refractivity contribution in [1.29, 1.82) is 0 Å². The lowest BCUT2D eigenvalue weighted by molar-refractivity contribution is -0.136. The Bertz CT molecular complexity index is 846. The highest BCUT2D eigenvalue weighted by molar-refractivity contribution is 5.79. The quantitative estimate of drug-likeness (QED) is 0.809. The summed E-state index contributed by atoms with van der Waals surface area (Å²) in [6, 6.07) is 6.95. The highest BCUT2D eigenvalue weighted by Crippen LogP contribution is 2.28. The molecule has 2 aliphatic rings. The first kappa shape index (κ1) is 19.9. The Hall–Kier alpha value is -2.41. The van der Waals surface area contributed by atoms with Gasteiger partial charge in [-0.25, -0.2) is 0 Å². The van der Waals surface area contributed by atoms with Crippen molar-refractivity contribution in [3.8, 4) is 17.1 Å². The van der Waals surface area contributed by atoms with Gasteiger partial charge < -0.3 is 19.3 Å². The molecule has 2 aromatic rings. The van der Waals surface area contributed by atoms with E-state index in [1.807, 2.05) is 17.0 Å². The number of rotatable bonds is 6. The van der Waals surface area contributed by atoms with E-state index in [1.165, 1.54) is 0 Å². The van der Waals surface area contributed by atoms with E-state index in [2.05, 4.69) is 28.6 Å². The predicted octanol–water partition coefficient (Wildman–Crippen LogP) is 2.88. The van der Waals surface area contributed by atoms with Gasteiger partial charge in [0.1, 0.15) is 11.6 Å². The third-order valence-electron chi connectivity index (χ3n) is 5.93. The van der Waals surface area contributed by atoms with Crippen LogP contribution in [0.2, 0.25) is 0 Å². The van der Waals surface area contributed by atoms with Crippen LogP contribution in [0.15, 0.2) is 24.3 Å². The van der Waals surface area contributed by atoms with Crippen molar-refractivity contribution in [2.24, 2.45) is 11.8 Å². The number of hydrogen-bond donors (Lipinski definition) is 1. The van der Waals surface area contributed by atoms with Gasteiger partial charge >= 0.3 is 0 Å². The number of amides is 1. The number of aromatic hydroxyl groups is 1. The Labute approximate surface area is 171 Å². The van der Waals surface area contributed by atoms with Gasteiger partial charge in [-0.3, -0.25) is 4.79 Å². The minimum atomic E-state index is -0.0521. The van der Waals surface area contributed by atoms with Crippen LogP contribution in [-0.2, 0) is 22.5 Å². The fraction of sp³-hybridized carbons (Fsp3) is 0.591. The molecule has 1 N–H and O–H groups in total. The Kier molecular flexibility index (Phi) is 5.85. The van der Waals surface area contributed by atoms with Gasteiger partial charge in [0.05, 0.1) is 12.0 Å². The number of aromatic nitrogens is 3. The SMILES string of the molecule is CC(C)CCO[C@@H]1CCN(C(=O)[C@H]2CCc3nnc(-c4ccc(O)cc4)n3C2)C1. The number of benzene rings is 1. The van der Waals surface area contributed by atoms with Crippen molar-refractivity contribution in [1.82, 2.24) is 19.7 Å². The van der Waals surface area contributed by atoms with Crippen LogP contribution in [0, 0.1) is 11.8 Å². The standard InChI is InChI=1S/C22H30N4O3/c1-15(2)10-12-29-19-9-11-25(14-19)22(28)17-5-8-20-23-24-21(26(20)13-17)16-3-6-18(27)7-4-16/h3-4,6-7,15,17,19,27H,5,8-14H2,1-2H3/t17-,19+/m0/s1. The van der Waals surface area contributed by atoms with Crippen LogP contribution in [0.25, 0.3) is 11.4 Å². The minimum absolute atomic E-state index is 0.0521. The third-order valence-corrected chi connectivity index (χ3v) is 5.93. The molecule has 0 unspecified atom stereocenters. The number of hydrogen-bond acceptors (Lipinski definition) is 5.